The highest BCUT2D eigenvalue weighted by Crippen LogP contribution is 2.31. The molecular formula is C12H18N2O5. The maximum Gasteiger partial charge on any atom is 0.330 e. The van der Waals surface area contributed by atoms with Gasteiger partial charge in [-0.15, -0.1) is 0 Å². The van der Waals surface area contributed by atoms with E-state index in [-0.39, 0.29) is 0 Å². The van der Waals surface area contributed by atoms with Gasteiger partial charge in [-0.25, -0.2) is 4.79 Å². The summed E-state index contributed by atoms with van der Waals surface area (Å²) >= 11 is 0. The molecule has 106 valence electrons. The summed E-state index contributed by atoms with van der Waals surface area (Å²) in [5, 5.41) is 10.1. The van der Waals surface area contributed by atoms with Gasteiger partial charge in [0.05, 0.1) is 6.10 Å². The van der Waals surface area contributed by atoms with Gasteiger partial charge in [0.15, 0.2) is 6.23 Å². The molecule has 1 aliphatic rings. The molecule has 19 heavy (non-hydrogen) atoms. The molecule has 0 amide bonds. The van der Waals surface area contributed by atoms with Crippen LogP contribution in [0.1, 0.15) is 25.1 Å². The standard InChI is InChI=1S/C12H18N2O5/c1-4-7-8(15)9(18-3)11(19-7)14-5-6(2)10(16)13-12(14)17/h5,7-9,11,15H,4H2,1-3H3,(H,13,16,17)/t7-,8?,9+,11-/m1/s1. The molecule has 0 aromatic carbocycles. The van der Waals surface area contributed by atoms with Crippen molar-refractivity contribution in [3.05, 3.63) is 32.6 Å². The van der Waals surface area contributed by atoms with Crippen LogP contribution in [0, 0.1) is 6.92 Å². The average molecular weight is 270 g/mol. The first-order valence-corrected chi connectivity index (χ1v) is 6.18. The zero-order chi connectivity index (χ0) is 14.2. The zero-order valence-electron chi connectivity index (χ0n) is 11.1. The van der Waals surface area contributed by atoms with Gasteiger partial charge >= 0.3 is 5.69 Å². The van der Waals surface area contributed by atoms with Crippen LogP contribution in [-0.4, -0.2) is 40.1 Å². The summed E-state index contributed by atoms with van der Waals surface area (Å²) in [6.45, 7) is 3.48. The van der Waals surface area contributed by atoms with Crippen LogP contribution in [0.3, 0.4) is 0 Å². The molecule has 0 saturated carbocycles. The van der Waals surface area contributed by atoms with E-state index in [9.17, 15) is 14.7 Å². The van der Waals surface area contributed by atoms with Crippen molar-refractivity contribution in [1.29, 1.82) is 0 Å². The minimum absolute atomic E-state index is 0.394. The van der Waals surface area contributed by atoms with E-state index in [1.165, 1.54) is 17.9 Å². The minimum Gasteiger partial charge on any atom is -0.388 e. The lowest BCUT2D eigenvalue weighted by Crippen LogP contribution is -2.39. The number of aromatic amines is 1. The predicted molar refractivity (Wildman–Crippen MR) is 67.1 cm³/mol. The lowest BCUT2D eigenvalue weighted by Gasteiger charge is -2.20. The van der Waals surface area contributed by atoms with Gasteiger partial charge in [0.1, 0.15) is 12.2 Å². The Labute approximate surface area is 109 Å². The average Bonchev–Trinajstić information content (AvgIpc) is 2.70. The zero-order valence-corrected chi connectivity index (χ0v) is 11.1. The van der Waals surface area contributed by atoms with Gasteiger partial charge in [0, 0.05) is 18.9 Å². The third kappa shape index (κ3) is 2.36. The number of nitrogens with one attached hydrogen (secondary N) is 1. The molecular weight excluding hydrogens is 252 g/mol. The lowest BCUT2D eigenvalue weighted by molar-refractivity contribution is -0.0543. The van der Waals surface area contributed by atoms with Crippen molar-refractivity contribution in [2.24, 2.45) is 0 Å². The van der Waals surface area contributed by atoms with Crippen LogP contribution in [0.4, 0.5) is 0 Å². The van der Waals surface area contributed by atoms with Gasteiger partial charge < -0.3 is 14.6 Å². The number of aliphatic hydroxyl groups is 1. The van der Waals surface area contributed by atoms with Gasteiger partial charge in [-0.3, -0.25) is 14.3 Å². The topological polar surface area (TPSA) is 93.6 Å². The van der Waals surface area contributed by atoms with Gasteiger partial charge in [0.25, 0.3) is 5.56 Å². The quantitative estimate of drug-likeness (QED) is 0.774. The number of methoxy groups -OCH3 is 1. The van der Waals surface area contributed by atoms with E-state index < -0.39 is 35.8 Å². The van der Waals surface area contributed by atoms with Crippen molar-refractivity contribution >= 4 is 0 Å². The number of hydrogen-bond donors (Lipinski definition) is 2. The molecule has 0 radical (unpaired) electrons. The highest BCUT2D eigenvalue weighted by molar-refractivity contribution is 5.03. The van der Waals surface area contributed by atoms with E-state index >= 15 is 0 Å². The Bertz CT molecular complexity index is 564. The van der Waals surface area contributed by atoms with Crippen LogP contribution in [0.5, 0.6) is 0 Å². The van der Waals surface area contributed by atoms with E-state index in [1.807, 2.05) is 6.92 Å². The van der Waals surface area contributed by atoms with Crippen molar-refractivity contribution in [1.82, 2.24) is 9.55 Å². The van der Waals surface area contributed by atoms with Crippen molar-refractivity contribution < 1.29 is 14.6 Å². The summed E-state index contributed by atoms with van der Waals surface area (Å²) in [6, 6.07) is 0. The van der Waals surface area contributed by atoms with E-state index in [2.05, 4.69) is 4.98 Å². The summed E-state index contributed by atoms with van der Waals surface area (Å²) in [5.41, 5.74) is -0.611. The summed E-state index contributed by atoms with van der Waals surface area (Å²) in [6.07, 6.45) is -0.564. The Morgan fingerprint density at radius 3 is 2.79 bits per heavy atom. The number of aromatic nitrogens is 2. The Kier molecular flexibility index (Phi) is 3.88. The second-order valence-corrected chi connectivity index (χ2v) is 4.64. The van der Waals surface area contributed by atoms with E-state index in [4.69, 9.17) is 9.47 Å². The smallest absolute Gasteiger partial charge is 0.330 e. The SMILES string of the molecule is CC[C@H]1O[C@@H](n2cc(C)c(=O)[nH]c2=O)[C@@H](OC)C1O. The second-order valence-electron chi connectivity index (χ2n) is 4.64. The molecule has 2 heterocycles. The monoisotopic (exact) mass is 270 g/mol. The Hall–Kier alpha value is -1.44. The Morgan fingerprint density at radius 1 is 1.53 bits per heavy atom. The third-order valence-corrected chi connectivity index (χ3v) is 3.41. The van der Waals surface area contributed by atoms with Gasteiger partial charge in [-0.1, -0.05) is 6.92 Å². The molecule has 1 unspecified atom stereocenters. The third-order valence-electron chi connectivity index (χ3n) is 3.41. The first-order valence-electron chi connectivity index (χ1n) is 6.18. The van der Waals surface area contributed by atoms with E-state index in [0.717, 1.165) is 0 Å². The first-order chi connectivity index (χ1) is 8.99. The molecule has 1 aromatic rings. The minimum atomic E-state index is -0.806. The predicted octanol–water partition coefficient (Wildman–Crippen LogP) is -0.472. The molecule has 2 rings (SSSR count). The Balaban J connectivity index is 2.44. The fourth-order valence-electron chi connectivity index (χ4n) is 2.31. The molecule has 7 heteroatoms. The molecule has 0 bridgehead atoms. The second kappa shape index (κ2) is 5.28. The number of H-pyrrole nitrogens is 1. The molecule has 2 N–H and O–H groups in total. The maximum atomic E-state index is 11.8. The fourth-order valence-corrected chi connectivity index (χ4v) is 2.31. The van der Waals surface area contributed by atoms with E-state index in [1.54, 1.807) is 6.92 Å². The summed E-state index contributed by atoms with van der Waals surface area (Å²) in [7, 11) is 1.45. The van der Waals surface area contributed by atoms with Crippen LogP contribution in [0.2, 0.25) is 0 Å². The fraction of sp³-hybridized carbons (Fsp3) is 0.667. The van der Waals surface area contributed by atoms with Gasteiger partial charge in [-0.05, 0) is 13.3 Å². The van der Waals surface area contributed by atoms with Crippen molar-refractivity contribution in [3.8, 4) is 0 Å². The lowest BCUT2D eigenvalue weighted by atomic mass is 10.1. The molecule has 1 saturated heterocycles. The largest absolute Gasteiger partial charge is 0.388 e. The number of nitrogens with zero attached hydrogens (tertiary/aromatic N) is 1. The van der Waals surface area contributed by atoms with Gasteiger partial charge in [-0.2, -0.15) is 0 Å². The molecule has 7 nitrogen and oxygen atoms in total. The maximum absolute atomic E-state index is 11.8. The van der Waals surface area contributed by atoms with Crippen LogP contribution in [0.15, 0.2) is 15.8 Å². The number of ether oxygens (including phenoxy) is 2. The normalized spacial score (nSPS) is 30.7. The van der Waals surface area contributed by atoms with Crippen molar-refractivity contribution in [3.63, 3.8) is 0 Å². The highest BCUT2D eigenvalue weighted by atomic mass is 16.6. The molecule has 0 spiro atoms. The highest BCUT2D eigenvalue weighted by Gasteiger charge is 2.44. The van der Waals surface area contributed by atoms with Crippen molar-refractivity contribution in [2.75, 3.05) is 7.11 Å². The van der Waals surface area contributed by atoms with Crippen LogP contribution in [-0.2, 0) is 9.47 Å². The number of aliphatic hydroxyl groups excluding tert-OH is 1. The molecule has 0 aliphatic carbocycles. The van der Waals surface area contributed by atoms with Crippen LogP contribution < -0.4 is 11.2 Å². The summed E-state index contributed by atoms with van der Waals surface area (Å²) < 4.78 is 12.1. The molecule has 1 aromatic heterocycles. The van der Waals surface area contributed by atoms with E-state index in [0.29, 0.717) is 12.0 Å². The van der Waals surface area contributed by atoms with Crippen LogP contribution >= 0.6 is 0 Å². The molecule has 1 fully saturated rings. The Morgan fingerprint density at radius 2 is 2.21 bits per heavy atom. The van der Waals surface area contributed by atoms with Crippen molar-refractivity contribution in [2.45, 2.75) is 44.8 Å². The first kappa shape index (κ1) is 14.0. The number of hydrogen-bond acceptors (Lipinski definition) is 5. The van der Waals surface area contributed by atoms with Gasteiger partial charge in [0.2, 0.25) is 0 Å². The number of aryl methyl sites for hydroxylation is 1. The summed E-state index contributed by atoms with van der Waals surface area (Å²) in [4.78, 5) is 25.4. The molecule has 1 aliphatic heterocycles. The molecule has 4 atom stereocenters. The van der Waals surface area contributed by atoms with Crippen LogP contribution in [0.25, 0.3) is 0 Å². The number of rotatable bonds is 3. The summed E-state index contributed by atoms with van der Waals surface area (Å²) in [5.74, 6) is 0.